The van der Waals surface area contributed by atoms with E-state index in [0.29, 0.717) is 0 Å². The van der Waals surface area contributed by atoms with E-state index in [2.05, 4.69) is 204 Å². The predicted molar refractivity (Wildman–Crippen MR) is 229 cm³/mol. The molecule has 11 rings (SSSR count). The van der Waals surface area contributed by atoms with Gasteiger partial charge in [-0.1, -0.05) is 121 Å². The molecule has 53 heavy (non-hydrogen) atoms. The van der Waals surface area contributed by atoms with Crippen molar-refractivity contribution in [1.82, 2.24) is 4.57 Å². The molecule has 0 atom stereocenters. The van der Waals surface area contributed by atoms with Crippen LogP contribution in [0.2, 0.25) is 0 Å². The van der Waals surface area contributed by atoms with E-state index in [1.807, 2.05) is 11.3 Å². The van der Waals surface area contributed by atoms with Gasteiger partial charge in [-0.2, -0.15) is 0 Å². The first kappa shape index (κ1) is 30.0. The molecule has 0 unspecified atom stereocenters. The number of anilines is 3. The Morgan fingerprint density at radius 2 is 1.02 bits per heavy atom. The molecule has 0 aliphatic rings. The van der Waals surface area contributed by atoms with Crippen molar-refractivity contribution in [2.45, 2.75) is 0 Å². The second-order valence-electron chi connectivity index (χ2n) is 13.7. The summed E-state index contributed by atoms with van der Waals surface area (Å²) in [6.07, 6.45) is 0. The molecular formula is C50H32N2S. The Kier molecular flexibility index (Phi) is 6.76. The average molecular weight is 693 g/mol. The molecule has 0 saturated carbocycles. The van der Waals surface area contributed by atoms with Crippen molar-refractivity contribution >= 4 is 91.9 Å². The minimum atomic E-state index is 1.11. The number of benzene rings is 9. The summed E-state index contributed by atoms with van der Waals surface area (Å²) in [5.41, 5.74) is 9.33. The Morgan fingerprint density at radius 3 is 1.89 bits per heavy atom. The minimum absolute atomic E-state index is 1.11. The minimum Gasteiger partial charge on any atom is -0.310 e. The van der Waals surface area contributed by atoms with Crippen LogP contribution in [0.25, 0.3) is 80.3 Å². The molecule has 2 aromatic heterocycles. The van der Waals surface area contributed by atoms with Gasteiger partial charge in [0.15, 0.2) is 0 Å². The van der Waals surface area contributed by atoms with Crippen LogP contribution in [-0.4, -0.2) is 4.57 Å². The number of para-hydroxylation sites is 2. The maximum absolute atomic E-state index is 2.45. The summed E-state index contributed by atoms with van der Waals surface area (Å²) in [7, 11) is 0. The van der Waals surface area contributed by atoms with Crippen molar-refractivity contribution in [3.05, 3.63) is 194 Å². The lowest BCUT2D eigenvalue weighted by Gasteiger charge is -2.27. The highest BCUT2D eigenvalue weighted by atomic mass is 32.1. The quantitative estimate of drug-likeness (QED) is 0.163. The molecule has 0 spiro atoms. The van der Waals surface area contributed by atoms with E-state index in [-0.39, 0.29) is 0 Å². The molecular weight excluding hydrogens is 661 g/mol. The maximum atomic E-state index is 2.45. The van der Waals surface area contributed by atoms with Crippen molar-refractivity contribution < 1.29 is 0 Å². The van der Waals surface area contributed by atoms with Gasteiger partial charge in [-0.15, -0.1) is 11.3 Å². The molecule has 11 aromatic rings. The molecule has 0 N–H and O–H groups in total. The van der Waals surface area contributed by atoms with E-state index < -0.39 is 0 Å². The van der Waals surface area contributed by atoms with Crippen LogP contribution in [-0.2, 0) is 0 Å². The Labute approximate surface area is 311 Å². The van der Waals surface area contributed by atoms with E-state index in [0.717, 1.165) is 22.7 Å². The number of nitrogens with zero attached hydrogens (tertiary/aromatic N) is 2. The van der Waals surface area contributed by atoms with E-state index in [4.69, 9.17) is 0 Å². The largest absolute Gasteiger partial charge is 0.310 e. The van der Waals surface area contributed by atoms with Gasteiger partial charge in [0.05, 0.1) is 16.7 Å². The van der Waals surface area contributed by atoms with Gasteiger partial charge in [0.1, 0.15) is 0 Å². The van der Waals surface area contributed by atoms with Crippen LogP contribution < -0.4 is 4.90 Å². The van der Waals surface area contributed by atoms with Gasteiger partial charge in [-0.05, 0) is 105 Å². The molecule has 0 bridgehead atoms. The Bertz CT molecular complexity index is 3170. The van der Waals surface area contributed by atoms with Crippen LogP contribution in [0.4, 0.5) is 17.1 Å². The molecule has 0 saturated heterocycles. The summed E-state index contributed by atoms with van der Waals surface area (Å²) in [5.74, 6) is 0. The third-order valence-corrected chi connectivity index (χ3v) is 11.9. The van der Waals surface area contributed by atoms with E-state index in [9.17, 15) is 0 Å². The van der Waals surface area contributed by atoms with Crippen LogP contribution in [0.5, 0.6) is 0 Å². The van der Waals surface area contributed by atoms with E-state index in [1.165, 1.54) is 74.6 Å². The number of hydrogen-bond donors (Lipinski definition) is 0. The first-order valence-electron chi connectivity index (χ1n) is 18.1. The summed E-state index contributed by atoms with van der Waals surface area (Å²) in [4.78, 5) is 2.45. The van der Waals surface area contributed by atoms with Crippen LogP contribution in [0, 0.1) is 0 Å². The Morgan fingerprint density at radius 1 is 0.377 bits per heavy atom. The number of aromatic nitrogens is 1. The molecule has 0 aliphatic carbocycles. The molecule has 2 nitrogen and oxygen atoms in total. The fraction of sp³-hybridized carbons (Fsp3) is 0. The average Bonchev–Trinajstić information content (AvgIpc) is 3.77. The van der Waals surface area contributed by atoms with Gasteiger partial charge in [0, 0.05) is 48.0 Å². The van der Waals surface area contributed by atoms with Crippen molar-refractivity contribution in [1.29, 1.82) is 0 Å². The zero-order valence-electron chi connectivity index (χ0n) is 28.8. The second kappa shape index (κ2) is 11.9. The summed E-state index contributed by atoms with van der Waals surface area (Å²) in [6, 6.07) is 71.1. The SMILES string of the molecule is c1ccc(-n2c3ccccc3c3c(N(c4ccc(-c5ccc6sc7ccccc7c6c5)cc4)c4ccc5ccc6ccccc6c5c4)cccc32)cc1. The zero-order chi connectivity index (χ0) is 34.9. The monoisotopic (exact) mass is 692 g/mol. The predicted octanol–water partition coefficient (Wildman–Crippen LogP) is 14.6. The number of fused-ring (bicyclic) bond motifs is 9. The summed E-state index contributed by atoms with van der Waals surface area (Å²) >= 11 is 1.86. The first-order valence-corrected chi connectivity index (χ1v) is 18.9. The molecule has 0 fully saturated rings. The standard InChI is InChI=1S/C50H32N2S/c1-2-12-37(13-3-1)52-45-17-8-6-16-42(45)50-46(18-10-19-47(50)52)51(39-29-25-35-22-21-34-11-4-5-14-40(34)43(35)32-39)38-27-23-33(24-28-38)36-26-30-49-44(31-36)41-15-7-9-20-48(41)53-49/h1-32H. The second-order valence-corrected chi connectivity index (χ2v) is 14.8. The van der Waals surface area contributed by atoms with Crippen LogP contribution in [0.3, 0.4) is 0 Å². The normalized spacial score (nSPS) is 11.8. The highest BCUT2D eigenvalue weighted by Crippen LogP contribution is 2.45. The topological polar surface area (TPSA) is 8.17 Å². The lowest BCUT2D eigenvalue weighted by atomic mass is 10.00. The van der Waals surface area contributed by atoms with Crippen molar-refractivity contribution in [2.24, 2.45) is 0 Å². The van der Waals surface area contributed by atoms with Gasteiger partial charge in [-0.25, -0.2) is 0 Å². The lowest BCUT2D eigenvalue weighted by molar-refractivity contribution is 1.18. The third kappa shape index (κ3) is 4.78. The number of thiophene rings is 1. The highest BCUT2D eigenvalue weighted by Gasteiger charge is 2.21. The fourth-order valence-electron chi connectivity index (χ4n) is 8.31. The molecule has 3 heteroatoms. The zero-order valence-corrected chi connectivity index (χ0v) is 29.6. The van der Waals surface area contributed by atoms with Crippen LogP contribution in [0.1, 0.15) is 0 Å². The fourth-order valence-corrected chi connectivity index (χ4v) is 9.39. The van der Waals surface area contributed by atoms with Gasteiger partial charge in [-0.3, -0.25) is 0 Å². The molecule has 248 valence electrons. The molecule has 0 amide bonds. The van der Waals surface area contributed by atoms with Gasteiger partial charge in [0.2, 0.25) is 0 Å². The van der Waals surface area contributed by atoms with Crippen LogP contribution in [0.15, 0.2) is 194 Å². The molecule has 0 radical (unpaired) electrons. The first-order chi connectivity index (χ1) is 26.3. The van der Waals surface area contributed by atoms with Crippen molar-refractivity contribution in [2.75, 3.05) is 4.90 Å². The number of hydrogen-bond acceptors (Lipinski definition) is 2. The third-order valence-electron chi connectivity index (χ3n) is 10.8. The lowest BCUT2D eigenvalue weighted by Crippen LogP contribution is -2.10. The summed E-state index contributed by atoms with van der Waals surface area (Å²) in [5, 5.41) is 10.1. The van der Waals surface area contributed by atoms with Crippen molar-refractivity contribution in [3.63, 3.8) is 0 Å². The molecule has 9 aromatic carbocycles. The van der Waals surface area contributed by atoms with Crippen LogP contribution >= 0.6 is 11.3 Å². The smallest absolute Gasteiger partial charge is 0.0562 e. The van der Waals surface area contributed by atoms with Gasteiger partial charge < -0.3 is 9.47 Å². The maximum Gasteiger partial charge on any atom is 0.0562 e. The summed E-state index contributed by atoms with van der Waals surface area (Å²) < 4.78 is 5.05. The van der Waals surface area contributed by atoms with E-state index in [1.54, 1.807) is 0 Å². The van der Waals surface area contributed by atoms with Gasteiger partial charge in [0.25, 0.3) is 0 Å². The number of rotatable bonds is 5. The van der Waals surface area contributed by atoms with Gasteiger partial charge >= 0.3 is 0 Å². The Hall–Kier alpha value is -6.68. The Balaban J connectivity index is 1.14. The summed E-state index contributed by atoms with van der Waals surface area (Å²) in [6.45, 7) is 0. The van der Waals surface area contributed by atoms with Crippen molar-refractivity contribution in [3.8, 4) is 16.8 Å². The molecule has 0 aliphatic heterocycles. The van der Waals surface area contributed by atoms with E-state index >= 15 is 0 Å². The molecule has 2 heterocycles. The highest BCUT2D eigenvalue weighted by molar-refractivity contribution is 7.25.